The average molecular weight is 247 g/mol. The summed E-state index contributed by atoms with van der Waals surface area (Å²) in [7, 11) is 3.97. The van der Waals surface area contributed by atoms with Crippen molar-refractivity contribution in [3.8, 4) is 0 Å². The van der Waals surface area contributed by atoms with Crippen LogP contribution in [0.2, 0.25) is 0 Å². The van der Waals surface area contributed by atoms with Crippen LogP contribution in [-0.2, 0) is 4.79 Å². The minimum Gasteiger partial charge on any atom is -0.363 e. The van der Waals surface area contributed by atoms with Gasteiger partial charge in [-0.25, -0.2) is 4.98 Å². The SMILES string of the molecule is Cc1nc(N(C)C)ccc1[C@@H]1CCCCN1C=O. The summed E-state index contributed by atoms with van der Waals surface area (Å²) < 4.78 is 0. The molecule has 0 aromatic carbocycles. The second kappa shape index (κ2) is 5.38. The van der Waals surface area contributed by atoms with Crippen molar-refractivity contribution in [2.45, 2.75) is 32.2 Å². The third-order valence-electron chi connectivity index (χ3n) is 3.61. The molecule has 0 bridgehead atoms. The standard InChI is InChI=1S/C14H21N3O/c1-11-12(7-8-14(15-11)16(2)3)13-6-4-5-9-17(13)10-18/h7-8,10,13H,4-6,9H2,1-3H3/t13-/m0/s1. The van der Waals surface area contributed by atoms with Gasteiger partial charge in [-0.05, 0) is 37.8 Å². The van der Waals surface area contributed by atoms with Crippen molar-refractivity contribution in [1.82, 2.24) is 9.88 Å². The monoisotopic (exact) mass is 247 g/mol. The van der Waals surface area contributed by atoms with Crippen molar-refractivity contribution in [1.29, 1.82) is 0 Å². The minimum absolute atomic E-state index is 0.208. The van der Waals surface area contributed by atoms with Gasteiger partial charge < -0.3 is 9.80 Å². The molecule has 1 fully saturated rings. The van der Waals surface area contributed by atoms with Crippen LogP contribution >= 0.6 is 0 Å². The highest BCUT2D eigenvalue weighted by Gasteiger charge is 2.24. The van der Waals surface area contributed by atoms with E-state index in [1.807, 2.05) is 36.9 Å². The van der Waals surface area contributed by atoms with Crippen LogP contribution < -0.4 is 4.90 Å². The Bertz CT molecular complexity index is 431. The summed E-state index contributed by atoms with van der Waals surface area (Å²) in [4.78, 5) is 19.6. The Labute approximate surface area is 109 Å². The Hall–Kier alpha value is -1.58. The van der Waals surface area contributed by atoms with Gasteiger partial charge in [0.25, 0.3) is 0 Å². The topological polar surface area (TPSA) is 36.4 Å². The van der Waals surface area contributed by atoms with E-state index in [0.717, 1.165) is 37.3 Å². The zero-order valence-corrected chi connectivity index (χ0v) is 11.4. The Morgan fingerprint density at radius 1 is 1.39 bits per heavy atom. The number of carbonyl (C=O) groups excluding carboxylic acids is 1. The van der Waals surface area contributed by atoms with Crippen LogP contribution in [0.15, 0.2) is 12.1 Å². The maximum Gasteiger partial charge on any atom is 0.210 e. The average Bonchev–Trinajstić information content (AvgIpc) is 2.38. The number of likely N-dealkylation sites (tertiary alicyclic amines) is 1. The Balaban J connectivity index is 2.29. The molecule has 0 spiro atoms. The van der Waals surface area contributed by atoms with E-state index >= 15 is 0 Å². The fourth-order valence-corrected chi connectivity index (χ4v) is 2.57. The molecule has 2 heterocycles. The molecule has 1 aliphatic heterocycles. The van der Waals surface area contributed by atoms with Crippen LogP contribution in [0.25, 0.3) is 0 Å². The molecule has 1 amide bonds. The summed E-state index contributed by atoms with van der Waals surface area (Å²) in [6.45, 7) is 2.89. The smallest absolute Gasteiger partial charge is 0.210 e. The van der Waals surface area contributed by atoms with E-state index in [1.54, 1.807) is 0 Å². The van der Waals surface area contributed by atoms with E-state index in [0.29, 0.717) is 0 Å². The molecule has 0 aliphatic carbocycles. The molecule has 0 radical (unpaired) electrons. The Kier molecular flexibility index (Phi) is 3.84. The highest BCUT2D eigenvalue weighted by atomic mass is 16.1. The van der Waals surface area contributed by atoms with Gasteiger partial charge in [-0.2, -0.15) is 0 Å². The van der Waals surface area contributed by atoms with Crippen LogP contribution in [0.3, 0.4) is 0 Å². The number of hydrogen-bond donors (Lipinski definition) is 0. The third kappa shape index (κ3) is 2.47. The summed E-state index contributed by atoms with van der Waals surface area (Å²) in [5, 5.41) is 0. The Morgan fingerprint density at radius 3 is 2.78 bits per heavy atom. The second-order valence-electron chi connectivity index (χ2n) is 5.09. The Morgan fingerprint density at radius 2 is 2.17 bits per heavy atom. The van der Waals surface area contributed by atoms with Gasteiger partial charge in [-0.15, -0.1) is 0 Å². The summed E-state index contributed by atoms with van der Waals surface area (Å²) in [5.41, 5.74) is 2.22. The number of aromatic nitrogens is 1. The summed E-state index contributed by atoms with van der Waals surface area (Å²) in [6.07, 6.45) is 4.31. The first-order chi connectivity index (χ1) is 8.63. The maximum atomic E-state index is 11.1. The van der Waals surface area contributed by atoms with Gasteiger partial charge in [-0.1, -0.05) is 6.07 Å². The van der Waals surface area contributed by atoms with Crippen LogP contribution in [0.4, 0.5) is 5.82 Å². The molecule has 1 aliphatic rings. The summed E-state index contributed by atoms with van der Waals surface area (Å²) in [5.74, 6) is 0.963. The quantitative estimate of drug-likeness (QED) is 0.768. The van der Waals surface area contributed by atoms with Crippen LogP contribution in [0.5, 0.6) is 0 Å². The van der Waals surface area contributed by atoms with E-state index in [1.165, 1.54) is 12.0 Å². The number of amides is 1. The fraction of sp³-hybridized carbons (Fsp3) is 0.571. The van der Waals surface area contributed by atoms with Crippen LogP contribution in [-0.4, -0.2) is 36.9 Å². The van der Waals surface area contributed by atoms with Gasteiger partial charge in [0.15, 0.2) is 0 Å². The van der Waals surface area contributed by atoms with E-state index in [2.05, 4.69) is 11.1 Å². The lowest BCUT2D eigenvalue weighted by molar-refractivity contribution is -0.121. The van der Waals surface area contributed by atoms with E-state index in [9.17, 15) is 4.79 Å². The van der Waals surface area contributed by atoms with Crippen molar-refractivity contribution < 1.29 is 4.79 Å². The number of nitrogens with zero attached hydrogens (tertiary/aromatic N) is 3. The lowest BCUT2D eigenvalue weighted by Crippen LogP contribution is -2.32. The molecule has 2 rings (SSSR count). The zero-order chi connectivity index (χ0) is 13.1. The summed E-state index contributed by atoms with van der Waals surface area (Å²) in [6, 6.07) is 4.35. The number of piperidine rings is 1. The molecule has 1 aromatic rings. The van der Waals surface area contributed by atoms with Crippen molar-refractivity contribution in [3.63, 3.8) is 0 Å². The predicted octanol–water partition coefficient (Wildman–Crippen LogP) is 2.14. The van der Waals surface area contributed by atoms with Gasteiger partial charge in [0.05, 0.1) is 6.04 Å². The molecule has 0 saturated carbocycles. The van der Waals surface area contributed by atoms with Gasteiger partial charge in [0.2, 0.25) is 6.41 Å². The van der Waals surface area contributed by atoms with Gasteiger partial charge >= 0.3 is 0 Å². The number of anilines is 1. The van der Waals surface area contributed by atoms with Crippen molar-refractivity contribution in [2.24, 2.45) is 0 Å². The number of hydrogen-bond acceptors (Lipinski definition) is 3. The number of aryl methyl sites for hydroxylation is 1. The molecule has 18 heavy (non-hydrogen) atoms. The highest BCUT2D eigenvalue weighted by molar-refractivity contribution is 5.50. The molecular formula is C14H21N3O. The number of rotatable bonds is 3. The van der Waals surface area contributed by atoms with E-state index in [4.69, 9.17) is 0 Å². The van der Waals surface area contributed by atoms with Crippen molar-refractivity contribution >= 4 is 12.2 Å². The molecule has 4 nitrogen and oxygen atoms in total. The minimum atomic E-state index is 0.208. The van der Waals surface area contributed by atoms with E-state index in [-0.39, 0.29) is 6.04 Å². The second-order valence-corrected chi connectivity index (χ2v) is 5.09. The first kappa shape index (κ1) is 12.9. The molecular weight excluding hydrogens is 226 g/mol. The van der Waals surface area contributed by atoms with Gasteiger partial charge in [-0.3, -0.25) is 4.79 Å². The van der Waals surface area contributed by atoms with Crippen molar-refractivity contribution in [2.75, 3.05) is 25.5 Å². The highest BCUT2D eigenvalue weighted by Crippen LogP contribution is 2.31. The van der Waals surface area contributed by atoms with Gasteiger partial charge in [0, 0.05) is 26.3 Å². The first-order valence-corrected chi connectivity index (χ1v) is 6.49. The predicted molar refractivity (Wildman–Crippen MR) is 72.7 cm³/mol. The molecule has 0 unspecified atom stereocenters. The normalized spacial score (nSPS) is 19.7. The largest absolute Gasteiger partial charge is 0.363 e. The lowest BCUT2D eigenvalue weighted by Gasteiger charge is -2.33. The third-order valence-corrected chi connectivity index (χ3v) is 3.61. The molecule has 4 heteroatoms. The molecule has 0 N–H and O–H groups in total. The van der Waals surface area contributed by atoms with Gasteiger partial charge in [0.1, 0.15) is 5.82 Å². The molecule has 98 valence electrons. The molecule has 1 saturated heterocycles. The van der Waals surface area contributed by atoms with E-state index < -0.39 is 0 Å². The van der Waals surface area contributed by atoms with Crippen LogP contribution in [0, 0.1) is 6.92 Å². The van der Waals surface area contributed by atoms with Crippen LogP contribution in [0.1, 0.15) is 36.6 Å². The molecule has 1 atom stereocenters. The fourth-order valence-electron chi connectivity index (χ4n) is 2.57. The zero-order valence-electron chi connectivity index (χ0n) is 11.4. The van der Waals surface area contributed by atoms with Crippen molar-refractivity contribution in [3.05, 3.63) is 23.4 Å². The number of carbonyl (C=O) groups is 1. The maximum absolute atomic E-state index is 11.1. The summed E-state index contributed by atoms with van der Waals surface area (Å²) >= 11 is 0. The lowest BCUT2D eigenvalue weighted by atomic mass is 9.95. The number of pyridine rings is 1. The first-order valence-electron chi connectivity index (χ1n) is 6.49. The molecule has 1 aromatic heterocycles.